The lowest BCUT2D eigenvalue weighted by Gasteiger charge is -2.19. The van der Waals surface area contributed by atoms with Crippen molar-refractivity contribution < 1.29 is 0 Å². The van der Waals surface area contributed by atoms with Gasteiger partial charge in [0.15, 0.2) is 0 Å². The van der Waals surface area contributed by atoms with Crippen LogP contribution < -0.4 is 0 Å². The van der Waals surface area contributed by atoms with Gasteiger partial charge in [-0.15, -0.1) is 0 Å². The fourth-order valence-corrected chi connectivity index (χ4v) is 3.71. The molecule has 0 bridgehead atoms. The average Bonchev–Trinajstić information content (AvgIpc) is 2.95. The van der Waals surface area contributed by atoms with Crippen molar-refractivity contribution in [3.8, 4) is 11.3 Å². The van der Waals surface area contributed by atoms with Gasteiger partial charge in [-0.05, 0) is 30.8 Å². The van der Waals surface area contributed by atoms with Gasteiger partial charge in [0, 0.05) is 35.1 Å². The van der Waals surface area contributed by atoms with E-state index >= 15 is 0 Å². The molecule has 0 spiro atoms. The minimum absolute atomic E-state index is 0.672. The molecule has 0 aliphatic carbocycles. The molecule has 4 heteroatoms. The molecule has 0 saturated carbocycles. The zero-order valence-corrected chi connectivity index (χ0v) is 15.6. The Morgan fingerprint density at radius 1 is 0.958 bits per heavy atom. The molecule has 126 valence electrons. The molecule has 0 atom stereocenters. The van der Waals surface area contributed by atoms with E-state index in [-0.39, 0.29) is 0 Å². The Balaban J connectivity index is 2.12. The first-order valence-corrected chi connectivity index (χ1v) is 9.15. The predicted molar refractivity (Wildman–Crippen MR) is 105 cm³/mol. The molecule has 0 aliphatic rings. The highest BCUT2D eigenvalue weighted by molar-refractivity contribution is 6.39. The first kappa shape index (κ1) is 17.3. The van der Waals surface area contributed by atoms with Crippen LogP contribution in [0.1, 0.15) is 13.8 Å². The summed E-state index contributed by atoms with van der Waals surface area (Å²) in [6.45, 7) is 8.46. The van der Waals surface area contributed by atoms with Crippen molar-refractivity contribution >= 4 is 34.0 Å². The summed E-state index contributed by atoms with van der Waals surface area (Å²) >= 11 is 12.7. The second-order valence-corrected chi connectivity index (χ2v) is 6.76. The molecule has 0 N–H and O–H groups in total. The second-order valence-electron chi connectivity index (χ2n) is 5.91. The zero-order valence-electron chi connectivity index (χ0n) is 14.1. The number of halogens is 2. The molecular formula is C20H22Cl2N2. The van der Waals surface area contributed by atoms with E-state index < -0.39 is 0 Å². The van der Waals surface area contributed by atoms with E-state index in [0.717, 1.165) is 37.0 Å². The fourth-order valence-electron chi connectivity index (χ4n) is 3.17. The molecule has 0 radical (unpaired) electrons. The first-order valence-electron chi connectivity index (χ1n) is 8.39. The molecule has 2 nitrogen and oxygen atoms in total. The minimum atomic E-state index is 0.672. The van der Waals surface area contributed by atoms with E-state index in [1.165, 1.54) is 11.3 Å². The van der Waals surface area contributed by atoms with Crippen LogP contribution in [0.2, 0.25) is 10.0 Å². The highest BCUT2D eigenvalue weighted by Crippen LogP contribution is 2.36. The van der Waals surface area contributed by atoms with Crippen LogP contribution in [0.4, 0.5) is 0 Å². The summed E-state index contributed by atoms with van der Waals surface area (Å²) in [7, 11) is 0. The standard InChI is InChI=1S/C20H22Cl2N2/c1-3-23(4-2)10-11-24-14-18-17(12-16(21)13-19(18)22)20(24)15-8-6-5-7-9-15/h5-9,12-14H,3-4,10-11H2,1-2H3. The normalized spacial score (nSPS) is 11.5. The largest absolute Gasteiger partial charge is 0.345 e. The van der Waals surface area contributed by atoms with Crippen molar-refractivity contribution in [2.75, 3.05) is 19.6 Å². The molecule has 0 aliphatic heterocycles. The van der Waals surface area contributed by atoms with Crippen molar-refractivity contribution in [2.45, 2.75) is 20.4 Å². The number of rotatable bonds is 6. The van der Waals surface area contributed by atoms with Gasteiger partial charge >= 0.3 is 0 Å². The summed E-state index contributed by atoms with van der Waals surface area (Å²) in [5.74, 6) is 0. The van der Waals surface area contributed by atoms with Gasteiger partial charge < -0.3 is 9.47 Å². The summed E-state index contributed by atoms with van der Waals surface area (Å²) < 4.78 is 2.31. The highest BCUT2D eigenvalue weighted by Gasteiger charge is 2.15. The van der Waals surface area contributed by atoms with E-state index in [4.69, 9.17) is 23.2 Å². The summed E-state index contributed by atoms with van der Waals surface area (Å²) in [5.41, 5.74) is 2.37. The smallest absolute Gasteiger partial charge is 0.0561 e. The molecule has 3 aromatic rings. The van der Waals surface area contributed by atoms with Crippen LogP contribution in [0.5, 0.6) is 0 Å². The van der Waals surface area contributed by atoms with Gasteiger partial charge in [0.2, 0.25) is 0 Å². The second kappa shape index (κ2) is 7.60. The van der Waals surface area contributed by atoms with E-state index in [9.17, 15) is 0 Å². The quantitative estimate of drug-likeness (QED) is 0.526. The Kier molecular flexibility index (Phi) is 5.50. The Bertz CT molecular complexity index is 821. The third-order valence-corrected chi connectivity index (χ3v) is 5.05. The number of hydrogen-bond donors (Lipinski definition) is 0. The maximum atomic E-state index is 6.44. The van der Waals surface area contributed by atoms with E-state index in [1.807, 2.05) is 18.2 Å². The minimum Gasteiger partial charge on any atom is -0.345 e. The number of aromatic nitrogens is 1. The van der Waals surface area contributed by atoms with Crippen LogP contribution in [-0.4, -0.2) is 29.1 Å². The third-order valence-electron chi connectivity index (χ3n) is 4.52. The van der Waals surface area contributed by atoms with Gasteiger partial charge in [-0.2, -0.15) is 0 Å². The van der Waals surface area contributed by atoms with E-state index in [0.29, 0.717) is 10.0 Å². The summed E-state index contributed by atoms with van der Waals surface area (Å²) in [6.07, 6.45) is 2.15. The number of benzene rings is 2. The molecule has 0 saturated heterocycles. The van der Waals surface area contributed by atoms with Gasteiger partial charge in [0.1, 0.15) is 0 Å². The van der Waals surface area contributed by atoms with Gasteiger partial charge in [-0.1, -0.05) is 67.4 Å². The number of hydrogen-bond acceptors (Lipinski definition) is 1. The fraction of sp³-hybridized carbons (Fsp3) is 0.300. The van der Waals surface area contributed by atoms with Crippen LogP contribution in [0.15, 0.2) is 48.7 Å². The Labute approximate surface area is 153 Å². The maximum Gasteiger partial charge on any atom is 0.0561 e. The van der Waals surface area contributed by atoms with Crippen LogP contribution in [-0.2, 0) is 6.54 Å². The SMILES string of the molecule is CCN(CC)CCn1cc2c(Cl)cc(Cl)cc2c1-c1ccccc1. The third kappa shape index (κ3) is 3.46. The van der Waals surface area contributed by atoms with Crippen molar-refractivity contribution in [1.82, 2.24) is 9.47 Å². The van der Waals surface area contributed by atoms with Crippen LogP contribution in [0.25, 0.3) is 22.0 Å². The molecule has 0 amide bonds. The highest BCUT2D eigenvalue weighted by atomic mass is 35.5. The zero-order chi connectivity index (χ0) is 17.1. The van der Waals surface area contributed by atoms with Crippen LogP contribution >= 0.6 is 23.2 Å². The maximum absolute atomic E-state index is 6.44. The molecule has 0 unspecified atom stereocenters. The van der Waals surface area contributed by atoms with Crippen molar-refractivity contribution in [3.05, 3.63) is 58.7 Å². The monoisotopic (exact) mass is 360 g/mol. The molecule has 1 aromatic heterocycles. The summed E-state index contributed by atoms with van der Waals surface area (Å²) in [5, 5.41) is 3.54. The number of nitrogens with zero attached hydrogens (tertiary/aromatic N) is 2. The van der Waals surface area contributed by atoms with Crippen molar-refractivity contribution in [1.29, 1.82) is 0 Å². The lowest BCUT2D eigenvalue weighted by Crippen LogP contribution is -2.27. The average molecular weight is 361 g/mol. The summed E-state index contributed by atoms with van der Waals surface area (Å²) in [6, 6.07) is 14.3. The first-order chi connectivity index (χ1) is 11.6. The van der Waals surface area contributed by atoms with E-state index in [2.05, 4.69) is 53.8 Å². The number of fused-ring (bicyclic) bond motifs is 1. The predicted octanol–water partition coefficient (Wildman–Crippen LogP) is 5.96. The Morgan fingerprint density at radius 3 is 2.33 bits per heavy atom. The molecule has 2 aromatic carbocycles. The molecule has 24 heavy (non-hydrogen) atoms. The summed E-state index contributed by atoms with van der Waals surface area (Å²) in [4.78, 5) is 2.42. The van der Waals surface area contributed by atoms with Crippen molar-refractivity contribution in [2.24, 2.45) is 0 Å². The Hall–Kier alpha value is -1.48. The topological polar surface area (TPSA) is 8.17 Å². The molecule has 3 rings (SSSR count). The van der Waals surface area contributed by atoms with Crippen LogP contribution in [0.3, 0.4) is 0 Å². The van der Waals surface area contributed by atoms with Crippen molar-refractivity contribution in [3.63, 3.8) is 0 Å². The van der Waals surface area contributed by atoms with E-state index in [1.54, 1.807) is 0 Å². The van der Waals surface area contributed by atoms with Crippen LogP contribution in [0, 0.1) is 0 Å². The molecule has 0 fully saturated rings. The lowest BCUT2D eigenvalue weighted by atomic mass is 10.1. The molecular weight excluding hydrogens is 339 g/mol. The van der Waals surface area contributed by atoms with Gasteiger partial charge in [0.25, 0.3) is 0 Å². The van der Waals surface area contributed by atoms with Gasteiger partial charge in [-0.25, -0.2) is 0 Å². The molecule has 1 heterocycles. The Morgan fingerprint density at radius 2 is 1.67 bits per heavy atom. The van der Waals surface area contributed by atoms with Gasteiger partial charge in [0.05, 0.1) is 10.7 Å². The van der Waals surface area contributed by atoms with Gasteiger partial charge in [-0.3, -0.25) is 0 Å². The lowest BCUT2D eigenvalue weighted by molar-refractivity contribution is 0.291. The number of likely N-dealkylation sites (N-methyl/N-ethyl adjacent to an activating group) is 1.